The molecule has 40 heavy (non-hydrogen) atoms. The number of anilines is 1. The number of methoxy groups -OCH3 is 2. The number of aryl methyl sites for hydroxylation is 1. The minimum Gasteiger partial charge on any atom is -0.493 e. The molecular formula is C23H17F7N4O6. The van der Waals surface area contributed by atoms with Crippen LogP contribution in [-0.2, 0) is 6.18 Å². The quantitative estimate of drug-likeness (QED) is 0.357. The molecule has 3 rings (SSSR count). The lowest BCUT2D eigenvalue weighted by atomic mass is 10.1. The second-order valence-electron chi connectivity index (χ2n) is 7.64. The van der Waals surface area contributed by atoms with Gasteiger partial charge in [0.25, 0.3) is 11.8 Å². The van der Waals surface area contributed by atoms with Crippen LogP contribution in [0.1, 0.15) is 32.1 Å². The number of nitrogens with one attached hydrogen (secondary N) is 1. The number of ether oxygens (including phenoxy) is 4. The van der Waals surface area contributed by atoms with Crippen molar-refractivity contribution in [1.29, 1.82) is 0 Å². The zero-order valence-corrected chi connectivity index (χ0v) is 20.5. The van der Waals surface area contributed by atoms with Gasteiger partial charge in [0.1, 0.15) is 11.3 Å². The topological polar surface area (TPSA) is 135 Å². The average Bonchev–Trinajstić information content (AvgIpc) is 2.85. The fourth-order valence-electron chi connectivity index (χ4n) is 3.26. The van der Waals surface area contributed by atoms with E-state index in [0.717, 1.165) is 32.5 Å². The molecule has 0 radical (unpaired) electrons. The molecule has 0 atom stereocenters. The molecule has 0 aliphatic heterocycles. The second kappa shape index (κ2) is 11.1. The van der Waals surface area contributed by atoms with E-state index in [4.69, 9.17) is 19.9 Å². The molecule has 0 saturated heterocycles. The lowest BCUT2D eigenvalue weighted by Crippen LogP contribution is -2.20. The predicted octanol–water partition coefficient (Wildman–Crippen LogP) is 5.00. The van der Waals surface area contributed by atoms with Crippen molar-refractivity contribution >= 4 is 17.5 Å². The molecule has 17 heteroatoms. The molecule has 214 valence electrons. The van der Waals surface area contributed by atoms with Crippen LogP contribution in [-0.4, -0.2) is 42.4 Å². The maximum absolute atomic E-state index is 14.7. The number of hydrogen-bond donors (Lipinski definition) is 2. The van der Waals surface area contributed by atoms with Crippen molar-refractivity contribution < 1.29 is 59.3 Å². The number of nitrogens with two attached hydrogens (primary N) is 1. The van der Waals surface area contributed by atoms with Crippen LogP contribution in [0.3, 0.4) is 0 Å². The zero-order chi connectivity index (χ0) is 30.0. The van der Waals surface area contributed by atoms with Crippen molar-refractivity contribution in [3.05, 3.63) is 58.9 Å². The molecule has 3 aromatic rings. The summed E-state index contributed by atoms with van der Waals surface area (Å²) in [7, 11) is 1.67. The second-order valence-corrected chi connectivity index (χ2v) is 7.64. The zero-order valence-electron chi connectivity index (χ0n) is 20.5. The first-order chi connectivity index (χ1) is 18.6. The molecule has 0 aliphatic rings. The van der Waals surface area contributed by atoms with Crippen LogP contribution in [0, 0.1) is 12.7 Å². The first-order valence-electron chi connectivity index (χ1n) is 10.6. The molecule has 0 aliphatic carbocycles. The molecule has 3 N–H and O–H groups in total. The Morgan fingerprint density at radius 3 is 2.10 bits per heavy atom. The van der Waals surface area contributed by atoms with Gasteiger partial charge in [0.15, 0.2) is 28.7 Å². The highest BCUT2D eigenvalue weighted by Crippen LogP contribution is 2.44. The smallest absolute Gasteiger partial charge is 0.493 e. The van der Waals surface area contributed by atoms with Crippen molar-refractivity contribution in [2.75, 3.05) is 19.5 Å². The van der Waals surface area contributed by atoms with Gasteiger partial charge in [-0.05, 0) is 30.7 Å². The summed E-state index contributed by atoms with van der Waals surface area (Å²) in [6, 6.07) is 2.33. The Labute approximate surface area is 219 Å². The molecule has 1 aromatic carbocycles. The first-order valence-corrected chi connectivity index (χ1v) is 10.6. The van der Waals surface area contributed by atoms with Gasteiger partial charge in [-0.15, -0.1) is 13.2 Å². The van der Waals surface area contributed by atoms with Gasteiger partial charge in [0.05, 0.1) is 20.4 Å². The van der Waals surface area contributed by atoms with Crippen LogP contribution in [0.4, 0.5) is 36.4 Å². The minimum atomic E-state index is -5.26. The summed E-state index contributed by atoms with van der Waals surface area (Å²) >= 11 is 0. The largest absolute Gasteiger partial charge is 0.573 e. The number of pyridine rings is 2. The Hall–Kier alpha value is -4.83. The number of halogens is 7. The molecule has 2 aromatic heterocycles. The fourth-order valence-corrected chi connectivity index (χ4v) is 3.26. The summed E-state index contributed by atoms with van der Waals surface area (Å²) in [6.07, 6.45) is -8.75. The van der Waals surface area contributed by atoms with Gasteiger partial charge in [-0.3, -0.25) is 14.6 Å². The van der Waals surface area contributed by atoms with Gasteiger partial charge in [-0.25, -0.2) is 4.98 Å². The van der Waals surface area contributed by atoms with Crippen LogP contribution in [0.15, 0.2) is 30.6 Å². The Bertz CT molecular complexity index is 1460. The Balaban J connectivity index is 2.17. The molecule has 0 saturated carbocycles. The third kappa shape index (κ3) is 6.41. The Morgan fingerprint density at radius 2 is 1.55 bits per heavy atom. The number of hydrogen-bond acceptors (Lipinski definition) is 8. The van der Waals surface area contributed by atoms with Gasteiger partial charge >= 0.3 is 12.5 Å². The summed E-state index contributed by atoms with van der Waals surface area (Å²) < 4.78 is 112. The van der Waals surface area contributed by atoms with Gasteiger partial charge in [-0.1, -0.05) is 0 Å². The van der Waals surface area contributed by atoms with Crippen LogP contribution < -0.4 is 30.0 Å². The minimum absolute atomic E-state index is 0.0792. The van der Waals surface area contributed by atoms with E-state index >= 15 is 0 Å². The Kier molecular flexibility index (Phi) is 8.26. The summed E-state index contributed by atoms with van der Waals surface area (Å²) in [5.74, 6) is -8.66. The average molecular weight is 578 g/mol. The lowest BCUT2D eigenvalue weighted by Gasteiger charge is -2.20. The van der Waals surface area contributed by atoms with E-state index < -0.39 is 70.2 Å². The molecule has 0 bridgehead atoms. The maximum Gasteiger partial charge on any atom is 0.573 e. The maximum atomic E-state index is 14.7. The molecule has 0 fully saturated rings. The number of nitrogens with zero attached hydrogens (tertiary/aromatic N) is 2. The predicted molar refractivity (Wildman–Crippen MR) is 121 cm³/mol. The third-order valence-corrected chi connectivity index (χ3v) is 4.98. The van der Waals surface area contributed by atoms with E-state index in [0.29, 0.717) is 12.3 Å². The number of benzene rings is 1. The van der Waals surface area contributed by atoms with E-state index in [1.165, 1.54) is 6.92 Å². The summed E-state index contributed by atoms with van der Waals surface area (Å²) in [5, 5.41) is 2.28. The summed E-state index contributed by atoms with van der Waals surface area (Å²) in [5.41, 5.74) is 2.55. The molecule has 0 spiro atoms. The third-order valence-electron chi connectivity index (χ3n) is 4.98. The number of aromatic nitrogens is 2. The van der Waals surface area contributed by atoms with Crippen LogP contribution in [0.2, 0.25) is 0 Å². The van der Waals surface area contributed by atoms with E-state index in [1.54, 1.807) is 0 Å². The van der Waals surface area contributed by atoms with Crippen molar-refractivity contribution in [3.8, 4) is 28.7 Å². The highest BCUT2D eigenvalue weighted by atomic mass is 19.4. The van der Waals surface area contributed by atoms with Gasteiger partial charge in [0, 0.05) is 11.9 Å². The van der Waals surface area contributed by atoms with Crippen molar-refractivity contribution in [2.45, 2.75) is 19.5 Å². The lowest BCUT2D eigenvalue weighted by molar-refractivity contribution is -0.275. The standard InChI is InChI=1S/C23H17F7N4O6/c1-9-7-32-11(20(31)35)6-10(9)34-21(36)15-14(8-33-19(18(15)38-3)22(25,26)27)39-13-5-4-12(40-23(28,29)30)16(24)17(13)37-2/h4-8H,1-3H3,(H2,31,35)(H,32,34,36). The van der Waals surface area contributed by atoms with E-state index in [-0.39, 0.29) is 16.9 Å². The highest BCUT2D eigenvalue weighted by Gasteiger charge is 2.40. The number of primary amides is 1. The summed E-state index contributed by atoms with van der Waals surface area (Å²) in [6.45, 7) is 1.45. The monoisotopic (exact) mass is 578 g/mol. The molecule has 2 heterocycles. The Morgan fingerprint density at radius 1 is 0.925 bits per heavy atom. The van der Waals surface area contributed by atoms with Crippen molar-refractivity contribution in [2.24, 2.45) is 5.73 Å². The molecule has 10 nitrogen and oxygen atoms in total. The van der Waals surface area contributed by atoms with Crippen LogP contribution in [0.5, 0.6) is 28.7 Å². The van der Waals surface area contributed by atoms with Gasteiger partial charge in [-0.2, -0.15) is 17.6 Å². The van der Waals surface area contributed by atoms with E-state index in [2.05, 4.69) is 20.0 Å². The summed E-state index contributed by atoms with van der Waals surface area (Å²) in [4.78, 5) is 31.8. The number of carbonyl (C=O) groups is 2. The number of carbonyl (C=O) groups excluding carboxylic acids is 2. The molecule has 0 unspecified atom stereocenters. The van der Waals surface area contributed by atoms with E-state index in [1.807, 2.05) is 0 Å². The van der Waals surface area contributed by atoms with Crippen molar-refractivity contribution in [3.63, 3.8) is 0 Å². The van der Waals surface area contributed by atoms with Crippen LogP contribution >= 0.6 is 0 Å². The molecule has 2 amide bonds. The number of amides is 2. The number of rotatable bonds is 8. The number of alkyl halides is 6. The first kappa shape index (κ1) is 29.7. The van der Waals surface area contributed by atoms with Crippen molar-refractivity contribution in [1.82, 2.24) is 9.97 Å². The van der Waals surface area contributed by atoms with Gasteiger partial charge in [0.2, 0.25) is 11.6 Å². The highest BCUT2D eigenvalue weighted by molar-refractivity contribution is 6.09. The van der Waals surface area contributed by atoms with Gasteiger partial charge < -0.3 is 30.0 Å². The van der Waals surface area contributed by atoms with Crippen LogP contribution in [0.25, 0.3) is 0 Å². The SMILES string of the molecule is COc1c(Oc2cnc(C(F)(F)F)c(OC)c2C(=O)Nc2cc(C(N)=O)ncc2C)ccc(OC(F)(F)F)c1F. The van der Waals surface area contributed by atoms with E-state index in [9.17, 15) is 40.3 Å². The fraction of sp³-hybridized carbons (Fsp3) is 0.217. The molecular weight excluding hydrogens is 561 g/mol. The normalized spacial score (nSPS) is 11.6.